The van der Waals surface area contributed by atoms with Crippen molar-refractivity contribution in [2.24, 2.45) is 5.92 Å². The largest absolute Gasteiger partial charge is 0.341 e. The number of likely N-dealkylation sites (tertiary alicyclic amines) is 1. The molecule has 1 saturated heterocycles. The lowest BCUT2D eigenvalue weighted by atomic mass is 9.96. The monoisotopic (exact) mass is 424 g/mol. The number of tetrazole rings is 1. The lowest BCUT2D eigenvalue weighted by Crippen LogP contribution is -2.46. The van der Waals surface area contributed by atoms with Gasteiger partial charge in [-0.05, 0) is 53.8 Å². The van der Waals surface area contributed by atoms with Gasteiger partial charge < -0.3 is 4.90 Å². The normalized spacial score (nSPS) is 18.6. The van der Waals surface area contributed by atoms with Crippen molar-refractivity contribution in [2.75, 3.05) is 25.9 Å². The first kappa shape index (κ1) is 21.3. The molecular formula is C18H25FN6O3S. The number of sulfonamides is 1. The van der Waals surface area contributed by atoms with Crippen LogP contribution in [0.4, 0.5) is 4.39 Å². The van der Waals surface area contributed by atoms with Crippen LogP contribution in [0.1, 0.15) is 30.3 Å². The zero-order valence-electron chi connectivity index (χ0n) is 16.5. The Labute approximate surface area is 169 Å². The third-order valence-electron chi connectivity index (χ3n) is 5.02. The van der Waals surface area contributed by atoms with E-state index in [2.05, 4.69) is 20.2 Å². The molecule has 1 aliphatic heterocycles. The molecule has 2 heterocycles. The van der Waals surface area contributed by atoms with Crippen LogP contribution in [0.15, 0.2) is 24.3 Å². The fourth-order valence-electron chi connectivity index (χ4n) is 3.60. The molecule has 1 aliphatic rings. The molecule has 1 N–H and O–H groups in total. The van der Waals surface area contributed by atoms with Crippen molar-refractivity contribution >= 4 is 15.9 Å². The van der Waals surface area contributed by atoms with Crippen LogP contribution >= 0.6 is 0 Å². The number of piperidine rings is 1. The Balaban J connectivity index is 1.78. The van der Waals surface area contributed by atoms with E-state index in [-0.39, 0.29) is 24.1 Å². The van der Waals surface area contributed by atoms with Crippen molar-refractivity contribution in [3.05, 3.63) is 41.5 Å². The quantitative estimate of drug-likeness (QED) is 0.700. The van der Waals surface area contributed by atoms with E-state index in [9.17, 15) is 17.6 Å². The maximum absolute atomic E-state index is 13.6. The molecule has 29 heavy (non-hydrogen) atoms. The SMILES string of the molecule is Cc1nnnn1[C@H](Cc1cccc(F)c1)C(=O)N1CCC[C@@H](CNS(C)(=O)=O)C1. The summed E-state index contributed by atoms with van der Waals surface area (Å²) in [6, 6.07) is 5.42. The van der Waals surface area contributed by atoms with Gasteiger partial charge in [0.15, 0.2) is 0 Å². The first-order chi connectivity index (χ1) is 13.7. The van der Waals surface area contributed by atoms with Gasteiger partial charge in [-0.3, -0.25) is 4.79 Å². The second-order valence-electron chi connectivity index (χ2n) is 7.43. The molecule has 1 amide bonds. The minimum absolute atomic E-state index is 0.0345. The number of amides is 1. The lowest BCUT2D eigenvalue weighted by Gasteiger charge is -2.35. The van der Waals surface area contributed by atoms with E-state index in [1.807, 2.05) is 0 Å². The van der Waals surface area contributed by atoms with Gasteiger partial charge in [0, 0.05) is 26.1 Å². The summed E-state index contributed by atoms with van der Waals surface area (Å²) in [6.45, 7) is 3.03. The lowest BCUT2D eigenvalue weighted by molar-refractivity contribution is -0.137. The summed E-state index contributed by atoms with van der Waals surface area (Å²) in [5, 5.41) is 11.5. The van der Waals surface area contributed by atoms with E-state index in [1.54, 1.807) is 24.0 Å². The molecule has 1 aromatic heterocycles. The Morgan fingerprint density at radius 1 is 1.41 bits per heavy atom. The second kappa shape index (κ2) is 8.95. The number of halogens is 1. The van der Waals surface area contributed by atoms with Crippen molar-refractivity contribution in [1.82, 2.24) is 29.8 Å². The van der Waals surface area contributed by atoms with Crippen LogP contribution in [0.3, 0.4) is 0 Å². The van der Waals surface area contributed by atoms with Crippen LogP contribution in [0.5, 0.6) is 0 Å². The number of nitrogens with zero attached hydrogens (tertiary/aromatic N) is 5. The molecule has 2 aromatic rings. The molecule has 0 radical (unpaired) electrons. The molecule has 0 aliphatic carbocycles. The van der Waals surface area contributed by atoms with E-state index >= 15 is 0 Å². The van der Waals surface area contributed by atoms with Crippen LogP contribution in [0.2, 0.25) is 0 Å². The summed E-state index contributed by atoms with van der Waals surface area (Å²) in [5.74, 6) is 0.00000699. The number of hydrogen-bond acceptors (Lipinski definition) is 6. The minimum atomic E-state index is -3.28. The fourth-order valence-corrected chi connectivity index (χ4v) is 4.14. The zero-order chi connectivity index (χ0) is 21.0. The van der Waals surface area contributed by atoms with Gasteiger partial charge in [0.05, 0.1) is 6.26 Å². The zero-order valence-corrected chi connectivity index (χ0v) is 17.3. The standard InChI is InChI=1S/C18H25FN6O3S/c1-13-21-22-23-25(13)17(10-14-5-3-7-16(19)9-14)18(26)24-8-4-6-15(12-24)11-20-29(2,27)28/h3,5,7,9,15,17,20H,4,6,8,10-12H2,1-2H3/t15-,17+/m0/s1. The summed E-state index contributed by atoms with van der Waals surface area (Å²) in [4.78, 5) is 15.1. The maximum Gasteiger partial charge on any atom is 0.247 e. The summed E-state index contributed by atoms with van der Waals surface area (Å²) in [7, 11) is -3.28. The van der Waals surface area contributed by atoms with Gasteiger partial charge >= 0.3 is 0 Å². The van der Waals surface area contributed by atoms with Crippen LogP contribution < -0.4 is 4.72 Å². The van der Waals surface area contributed by atoms with Crippen LogP contribution in [0, 0.1) is 18.7 Å². The van der Waals surface area contributed by atoms with E-state index in [0.29, 0.717) is 31.0 Å². The Hall–Kier alpha value is -2.40. The molecule has 158 valence electrons. The van der Waals surface area contributed by atoms with Crippen LogP contribution in [-0.2, 0) is 21.2 Å². The van der Waals surface area contributed by atoms with Gasteiger partial charge in [0.25, 0.3) is 0 Å². The summed E-state index contributed by atoms with van der Waals surface area (Å²) < 4.78 is 40.4. The maximum atomic E-state index is 13.6. The second-order valence-corrected chi connectivity index (χ2v) is 9.27. The van der Waals surface area contributed by atoms with Crippen LogP contribution in [0.25, 0.3) is 0 Å². The third-order valence-corrected chi connectivity index (χ3v) is 5.71. The molecule has 11 heteroatoms. The van der Waals surface area contributed by atoms with Crippen molar-refractivity contribution in [2.45, 2.75) is 32.2 Å². The number of aryl methyl sites for hydroxylation is 1. The topological polar surface area (TPSA) is 110 Å². The van der Waals surface area contributed by atoms with Gasteiger partial charge in [-0.1, -0.05) is 12.1 Å². The molecule has 1 aromatic carbocycles. The number of nitrogens with one attached hydrogen (secondary N) is 1. The third kappa shape index (κ3) is 5.80. The molecule has 0 spiro atoms. The molecular weight excluding hydrogens is 399 g/mol. The summed E-state index contributed by atoms with van der Waals surface area (Å²) in [5.41, 5.74) is 0.672. The number of rotatable bonds is 7. The number of carbonyl (C=O) groups is 1. The van der Waals surface area contributed by atoms with Gasteiger partial charge in [0.2, 0.25) is 15.9 Å². The van der Waals surface area contributed by atoms with Gasteiger partial charge in [-0.2, -0.15) is 0 Å². The van der Waals surface area contributed by atoms with E-state index in [4.69, 9.17) is 0 Å². The average molecular weight is 425 g/mol. The Morgan fingerprint density at radius 3 is 2.86 bits per heavy atom. The average Bonchev–Trinajstić information content (AvgIpc) is 3.09. The number of carbonyl (C=O) groups excluding carboxylic acids is 1. The number of hydrogen-bond donors (Lipinski definition) is 1. The highest BCUT2D eigenvalue weighted by molar-refractivity contribution is 7.88. The van der Waals surface area contributed by atoms with E-state index in [1.165, 1.54) is 16.8 Å². The predicted molar refractivity (Wildman–Crippen MR) is 104 cm³/mol. The van der Waals surface area contributed by atoms with E-state index in [0.717, 1.165) is 19.1 Å². The van der Waals surface area contributed by atoms with Gasteiger partial charge in [-0.25, -0.2) is 22.2 Å². The van der Waals surface area contributed by atoms with Crippen LogP contribution in [-0.4, -0.2) is 65.3 Å². The van der Waals surface area contributed by atoms with Gasteiger partial charge in [-0.15, -0.1) is 5.10 Å². The highest BCUT2D eigenvalue weighted by Gasteiger charge is 2.32. The van der Waals surface area contributed by atoms with Crippen molar-refractivity contribution < 1.29 is 17.6 Å². The Morgan fingerprint density at radius 2 is 2.21 bits per heavy atom. The summed E-state index contributed by atoms with van der Waals surface area (Å²) in [6.07, 6.45) is 2.99. The molecule has 0 bridgehead atoms. The molecule has 0 saturated carbocycles. The van der Waals surface area contributed by atoms with E-state index < -0.39 is 16.1 Å². The smallest absolute Gasteiger partial charge is 0.247 e. The molecule has 2 atom stereocenters. The fraction of sp³-hybridized carbons (Fsp3) is 0.556. The Kier molecular flexibility index (Phi) is 6.58. The summed E-state index contributed by atoms with van der Waals surface area (Å²) >= 11 is 0. The van der Waals surface area contributed by atoms with Crippen molar-refractivity contribution in [3.63, 3.8) is 0 Å². The van der Waals surface area contributed by atoms with Crippen molar-refractivity contribution in [3.8, 4) is 0 Å². The number of aromatic nitrogens is 4. The van der Waals surface area contributed by atoms with Crippen molar-refractivity contribution in [1.29, 1.82) is 0 Å². The van der Waals surface area contributed by atoms with Gasteiger partial charge in [0.1, 0.15) is 17.7 Å². The predicted octanol–water partition coefficient (Wildman–Crippen LogP) is 0.692. The Bertz CT molecular complexity index is 964. The minimum Gasteiger partial charge on any atom is -0.341 e. The highest BCUT2D eigenvalue weighted by atomic mass is 32.2. The molecule has 1 fully saturated rings. The molecule has 9 nitrogen and oxygen atoms in total. The first-order valence-corrected chi connectivity index (χ1v) is 11.3. The molecule has 0 unspecified atom stereocenters. The first-order valence-electron chi connectivity index (χ1n) is 9.45. The molecule has 3 rings (SSSR count). The highest BCUT2D eigenvalue weighted by Crippen LogP contribution is 2.23. The number of benzene rings is 1.